The number of carbonyl (C=O) groups is 3. The molecule has 2 aromatic rings. The Morgan fingerprint density at radius 3 is 2.55 bits per heavy atom. The van der Waals surface area contributed by atoms with Gasteiger partial charge in [-0.05, 0) is 49.2 Å². The highest BCUT2D eigenvalue weighted by Crippen LogP contribution is 2.22. The highest BCUT2D eigenvalue weighted by molar-refractivity contribution is 6.02. The maximum absolute atomic E-state index is 13.1. The highest BCUT2D eigenvalue weighted by atomic mass is 16.5. The van der Waals surface area contributed by atoms with E-state index in [0.29, 0.717) is 30.1 Å². The normalized spacial score (nSPS) is 16.2. The molecule has 7 heteroatoms. The largest absolute Gasteiger partial charge is 0.496 e. The summed E-state index contributed by atoms with van der Waals surface area (Å²) in [5.41, 5.74) is 3.10. The van der Waals surface area contributed by atoms with E-state index in [1.807, 2.05) is 32.0 Å². The van der Waals surface area contributed by atoms with Crippen molar-refractivity contribution >= 4 is 23.4 Å². The third kappa shape index (κ3) is 4.74. The van der Waals surface area contributed by atoms with E-state index in [1.54, 1.807) is 24.3 Å². The average molecular weight is 395 g/mol. The van der Waals surface area contributed by atoms with Gasteiger partial charge in [-0.3, -0.25) is 14.4 Å². The Balaban J connectivity index is 1.78. The number of rotatable bonds is 5. The fourth-order valence-corrected chi connectivity index (χ4v) is 3.57. The molecule has 3 amide bonds. The van der Waals surface area contributed by atoms with Crippen LogP contribution in [0, 0.1) is 13.8 Å². The zero-order valence-corrected chi connectivity index (χ0v) is 16.8. The lowest BCUT2D eigenvalue weighted by atomic mass is 10.0. The molecule has 0 aromatic heterocycles. The predicted octanol–water partition coefficient (Wildman–Crippen LogP) is 2.28. The number of anilines is 1. The molecule has 0 bridgehead atoms. The van der Waals surface area contributed by atoms with Gasteiger partial charge in [-0.2, -0.15) is 0 Å². The summed E-state index contributed by atoms with van der Waals surface area (Å²) < 4.78 is 5.27. The number of ether oxygens (including phenoxy) is 1. The molecule has 0 saturated carbocycles. The van der Waals surface area contributed by atoms with Crippen LogP contribution in [0.5, 0.6) is 5.75 Å². The van der Waals surface area contributed by atoms with Gasteiger partial charge in [0.25, 0.3) is 5.91 Å². The summed E-state index contributed by atoms with van der Waals surface area (Å²) in [6, 6.07) is 11.7. The Morgan fingerprint density at radius 1 is 1.17 bits per heavy atom. The molecule has 1 heterocycles. The van der Waals surface area contributed by atoms with Crippen LogP contribution < -0.4 is 15.4 Å². The van der Waals surface area contributed by atoms with Crippen LogP contribution in [0.15, 0.2) is 42.5 Å². The Labute approximate surface area is 170 Å². The first-order valence-corrected chi connectivity index (χ1v) is 9.49. The van der Waals surface area contributed by atoms with E-state index in [0.717, 1.165) is 11.1 Å². The summed E-state index contributed by atoms with van der Waals surface area (Å²) in [4.78, 5) is 39.6. The number of carbonyl (C=O) groups excluding carboxylic acids is 3. The minimum Gasteiger partial charge on any atom is -0.496 e. The first kappa shape index (κ1) is 20.4. The van der Waals surface area contributed by atoms with Crippen molar-refractivity contribution in [1.29, 1.82) is 0 Å². The molecule has 3 rings (SSSR count). The lowest BCUT2D eigenvalue weighted by Crippen LogP contribution is -2.58. The smallest absolute Gasteiger partial charge is 0.258 e. The van der Waals surface area contributed by atoms with Gasteiger partial charge >= 0.3 is 0 Å². The van der Waals surface area contributed by atoms with Gasteiger partial charge in [0.15, 0.2) is 0 Å². The summed E-state index contributed by atoms with van der Waals surface area (Å²) in [5.74, 6) is -0.562. The second kappa shape index (κ2) is 8.77. The van der Waals surface area contributed by atoms with Crippen LogP contribution in [0.3, 0.4) is 0 Å². The standard InChI is InChI=1S/C22H25N3O4/c1-14-10-15(2)12-16(11-14)24-20(26)13-18-21(27)23-8-9-25(18)22(28)17-6-4-5-7-19(17)29-3/h4-7,10-12,18H,8-9,13H2,1-3H3,(H,23,27)(H,24,26)/t18-/m0/s1. The highest BCUT2D eigenvalue weighted by Gasteiger charge is 2.36. The van der Waals surface area contributed by atoms with Crippen molar-refractivity contribution in [2.75, 3.05) is 25.5 Å². The van der Waals surface area contributed by atoms with Crippen LogP contribution in [0.4, 0.5) is 5.69 Å². The number of nitrogens with zero attached hydrogens (tertiary/aromatic N) is 1. The first-order valence-electron chi connectivity index (χ1n) is 9.49. The van der Waals surface area contributed by atoms with Crippen LogP contribution in [-0.4, -0.2) is 48.9 Å². The maximum atomic E-state index is 13.1. The summed E-state index contributed by atoms with van der Waals surface area (Å²) in [7, 11) is 1.49. The van der Waals surface area contributed by atoms with Crippen molar-refractivity contribution in [2.24, 2.45) is 0 Å². The van der Waals surface area contributed by atoms with Gasteiger partial charge in [0.05, 0.1) is 19.1 Å². The molecule has 1 fully saturated rings. The lowest BCUT2D eigenvalue weighted by Gasteiger charge is -2.35. The molecule has 1 saturated heterocycles. The number of methoxy groups -OCH3 is 1. The van der Waals surface area contributed by atoms with E-state index in [2.05, 4.69) is 10.6 Å². The van der Waals surface area contributed by atoms with Crippen molar-refractivity contribution in [1.82, 2.24) is 10.2 Å². The van der Waals surface area contributed by atoms with E-state index in [9.17, 15) is 14.4 Å². The van der Waals surface area contributed by atoms with Crippen molar-refractivity contribution in [2.45, 2.75) is 26.3 Å². The van der Waals surface area contributed by atoms with Crippen molar-refractivity contribution in [3.63, 3.8) is 0 Å². The zero-order chi connectivity index (χ0) is 21.0. The molecular weight excluding hydrogens is 370 g/mol. The lowest BCUT2D eigenvalue weighted by molar-refractivity contribution is -0.131. The van der Waals surface area contributed by atoms with Crippen molar-refractivity contribution < 1.29 is 19.1 Å². The third-order valence-corrected chi connectivity index (χ3v) is 4.81. The Bertz CT molecular complexity index is 921. The zero-order valence-electron chi connectivity index (χ0n) is 16.8. The van der Waals surface area contributed by atoms with Crippen LogP contribution >= 0.6 is 0 Å². The second-order valence-corrected chi connectivity index (χ2v) is 7.13. The quantitative estimate of drug-likeness (QED) is 0.813. The van der Waals surface area contributed by atoms with Crippen LogP contribution in [0.25, 0.3) is 0 Å². The van der Waals surface area contributed by atoms with Crippen LogP contribution in [0.2, 0.25) is 0 Å². The summed E-state index contributed by atoms with van der Waals surface area (Å²) in [5, 5.41) is 5.57. The fourth-order valence-electron chi connectivity index (χ4n) is 3.57. The molecule has 1 aliphatic rings. The minimum absolute atomic E-state index is 0.125. The predicted molar refractivity (Wildman–Crippen MR) is 110 cm³/mol. The van der Waals surface area contributed by atoms with Crippen molar-refractivity contribution in [3.05, 3.63) is 59.2 Å². The monoisotopic (exact) mass is 395 g/mol. The number of amides is 3. The van der Waals surface area contributed by atoms with E-state index in [4.69, 9.17) is 4.74 Å². The van der Waals surface area contributed by atoms with Gasteiger partial charge in [0.1, 0.15) is 11.8 Å². The van der Waals surface area contributed by atoms with E-state index < -0.39 is 6.04 Å². The van der Waals surface area contributed by atoms with Crippen LogP contribution in [-0.2, 0) is 9.59 Å². The number of hydrogen-bond acceptors (Lipinski definition) is 4. The summed E-state index contributed by atoms with van der Waals surface area (Å²) in [6.45, 7) is 4.56. The SMILES string of the molecule is COc1ccccc1C(=O)N1CCNC(=O)[C@@H]1CC(=O)Nc1cc(C)cc(C)c1. The molecule has 0 spiro atoms. The molecule has 1 atom stereocenters. The topological polar surface area (TPSA) is 87.7 Å². The molecule has 29 heavy (non-hydrogen) atoms. The number of hydrogen-bond donors (Lipinski definition) is 2. The van der Waals surface area contributed by atoms with E-state index in [1.165, 1.54) is 12.0 Å². The molecule has 2 N–H and O–H groups in total. The fraction of sp³-hybridized carbons (Fsp3) is 0.318. The molecule has 1 aliphatic heterocycles. The van der Waals surface area contributed by atoms with Crippen molar-refractivity contribution in [3.8, 4) is 5.75 Å². The molecule has 0 aliphatic carbocycles. The van der Waals surface area contributed by atoms with Gasteiger partial charge in [-0.25, -0.2) is 0 Å². The first-order chi connectivity index (χ1) is 13.9. The van der Waals surface area contributed by atoms with E-state index >= 15 is 0 Å². The van der Waals surface area contributed by atoms with Gasteiger partial charge in [-0.15, -0.1) is 0 Å². The number of piperazine rings is 1. The van der Waals surface area contributed by atoms with Gasteiger partial charge in [-0.1, -0.05) is 18.2 Å². The van der Waals surface area contributed by atoms with Gasteiger partial charge in [0, 0.05) is 18.8 Å². The summed E-state index contributed by atoms with van der Waals surface area (Å²) >= 11 is 0. The Kier molecular flexibility index (Phi) is 6.16. The number of aryl methyl sites for hydroxylation is 2. The Hall–Kier alpha value is -3.35. The number of para-hydroxylation sites is 1. The molecule has 2 aromatic carbocycles. The molecule has 7 nitrogen and oxygen atoms in total. The number of nitrogens with one attached hydrogen (secondary N) is 2. The molecule has 0 unspecified atom stereocenters. The van der Waals surface area contributed by atoms with E-state index in [-0.39, 0.29) is 24.1 Å². The second-order valence-electron chi connectivity index (χ2n) is 7.13. The average Bonchev–Trinajstić information content (AvgIpc) is 2.68. The molecule has 152 valence electrons. The number of benzene rings is 2. The minimum atomic E-state index is -0.882. The maximum Gasteiger partial charge on any atom is 0.258 e. The van der Waals surface area contributed by atoms with Crippen LogP contribution in [0.1, 0.15) is 27.9 Å². The summed E-state index contributed by atoms with van der Waals surface area (Å²) in [6.07, 6.45) is -0.125. The molecule has 0 radical (unpaired) electrons. The molecular formula is C22H25N3O4. The van der Waals surface area contributed by atoms with Gasteiger partial charge in [0.2, 0.25) is 11.8 Å². The third-order valence-electron chi connectivity index (χ3n) is 4.81. The van der Waals surface area contributed by atoms with Gasteiger partial charge < -0.3 is 20.3 Å². The Morgan fingerprint density at radius 2 is 1.86 bits per heavy atom.